The van der Waals surface area contributed by atoms with Gasteiger partial charge in [0, 0.05) is 30.9 Å². The third kappa shape index (κ3) is 2.77. The van der Waals surface area contributed by atoms with Gasteiger partial charge in [0.05, 0.1) is 12.3 Å². The lowest BCUT2D eigenvalue weighted by Crippen LogP contribution is -2.31. The van der Waals surface area contributed by atoms with Crippen LogP contribution in [0.5, 0.6) is 0 Å². The summed E-state index contributed by atoms with van der Waals surface area (Å²) in [4.78, 5) is 28.6. The number of rotatable bonds is 3. The Morgan fingerprint density at radius 3 is 2.88 bits per heavy atom. The van der Waals surface area contributed by atoms with Crippen LogP contribution in [0, 0.1) is 6.92 Å². The molecule has 0 bridgehead atoms. The number of carbonyl (C=O) groups excluding carboxylic acids is 2. The number of hydrogen-bond acceptors (Lipinski definition) is 3. The van der Waals surface area contributed by atoms with Crippen LogP contribution in [0.2, 0.25) is 0 Å². The van der Waals surface area contributed by atoms with Crippen molar-refractivity contribution < 1.29 is 14.0 Å². The maximum atomic E-state index is 13.1. The molecular formula is C19H21N3O3. The van der Waals surface area contributed by atoms with Crippen molar-refractivity contribution in [1.82, 2.24) is 10.2 Å². The first kappa shape index (κ1) is 15.7. The molecule has 2 aliphatic rings. The predicted octanol–water partition coefficient (Wildman–Crippen LogP) is 3.09. The summed E-state index contributed by atoms with van der Waals surface area (Å²) in [6, 6.07) is 9.24. The van der Waals surface area contributed by atoms with E-state index in [1.807, 2.05) is 42.2 Å². The maximum absolute atomic E-state index is 13.1. The molecule has 0 saturated carbocycles. The van der Waals surface area contributed by atoms with E-state index in [4.69, 9.17) is 4.42 Å². The second-order valence-corrected chi connectivity index (χ2v) is 6.56. The number of urea groups is 1. The summed E-state index contributed by atoms with van der Waals surface area (Å²) in [6.45, 7) is 3.92. The fourth-order valence-corrected chi connectivity index (χ4v) is 3.69. The van der Waals surface area contributed by atoms with E-state index in [-0.39, 0.29) is 18.0 Å². The molecule has 4 rings (SSSR count). The first-order valence-corrected chi connectivity index (χ1v) is 8.65. The van der Waals surface area contributed by atoms with E-state index in [1.165, 1.54) is 0 Å². The zero-order valence-electron chi connectivity index (χ0n) is 14.2. The van der Waals surface area contributed by atoms with Crippen LogP contribution in [0.3, 0.4) is 0 Å². The van der Waals surface area contributed by atoms with Gasteiger partial charge in [-0.3, -0.25) is 9.69 Å². The Balaban J connectivity index is 1.63. The van der Waals surface area contributed by atoms with Crippen LogP contribution in [0.1, 0.15) is 40.6 Å². The van der Waals surface area contributed by atoms with E-state index in [9.17, 15) is 9.59 Å². The number of benzene rings is 1. The molecule has 2 fully saturated rings. The summed E-state index contributed by atoms with van der Waals surface area (Å²) < 4.78 is 5.52. The molecular weight excluding hydrogens is 318 g/mol. The van der Waals surface area contributed by atoms with Crippen molar-refractivity contribution in [2.45, 2.75) is 25.8 Å². The molecule has 1 atom stereocenters. The Bertz CT molecular complexity index is 800. The van der Waals surface area contributed by atoms with Crippen molar-refractivity contribution in [3.8, 4) is 0 Å². The van der Waals surface area contributed by atoms with E-state index < -0.39 is 0 Å². The standard InChI is InChI=1S/C19H21N3O3/c1-13-6-7-14(12-16(13)22-10-8-20-19(22)24)18(23)21-9-2-4-15(21)17-5-3-11-25-17/h3,5-7,11-12,15H,2,4,8-10H2,1H3,(H,20,24)/t15-/m0/s1. The van der Waals surface area contributed by atoms with E-state index in [0.717, 1.165) is 36.4 Å². The zero-order valence-corrected chi connectivity index (χ0v) is 14.2. The van der Waals surface area contributed by atoms with Gasteiger partial charge in [-0.2, -0.15) is 0 Å². The highest BCUT2D eigenvalue weighted by molar-refractivity contribution is 5.99. The number of furan rings is 1. The van der Waals surface area contributed by atoms with Crippen molar-refractivity contribution >= 4 is 17.6 Å². The molecule has 0 aliphatic carbocycles. The van der Waals surface area contributed by atoms with Crippen LogP contribution in [0.4, 0.5) is 10.5 Å². The largest absolute Gasteiger partial charge is 0.467 e. The molecule has 3 amide bonds. The van der Waals surface area contributed by atoms with Crippen LogP contribution < -0.4 is 10.2 Å². The highest BCUT2D eigenvalue weighted by Crippen LogP contribution is 2.34. The highest BCUT2D eigenvalue weighted by Gasteiger charge is 2.33. The summed E-state index contributed by atoms with van der Waals surface area (Å²) in [5, 5.41) is 2.80. The lowest BCUT2D eigenvalue weighted by molar-refractivity contribution is 0.0720. The molecule has 1 aromatic carbocycles. The minimum Gasteiger partial charge on any atom is -0.467 e. The number of nitrogens with zero attached hydrogens (tertiary/aromatic N) is 2. The minimum atomic E-state index is -0.109. The molecule has 2 aliphatic heterocycles. The van der Waals surface area contributed by atoms with Crippen LogP contribution in [0.25, 0.3) is 0 Å². The monoisotopic (exact) mass is 339 g/mol. The number of anilines is 1. The summed E-state index contributed by atoms with van der Waals surface area (Å²) in [6.07, 6.45) is 3.52. The third-order valence-corrected chi connectivity index (χ3v) is 4.99. The van der Waals surface area contributed by atoms with Gasteiger partial charge in [0.2, 0.25) is 0 Å². The number of hydrogen-bond donors (Lipinski definition) is 1. The summed E-state index contributed by atoms with van der Waals surface area (Å²) >= 11 is 0. The first-order chi connectivity index (χ1) is 12.1. The number of nitrogens with one attached hydrogen (secondary N) is 1. The van der Waals surface area contributed by atoms with Crippen molar-refractivity contribution in [1.29, 1.82) is 0 Å². The molecule has 1 N–H and O–H groups in total. The quantitative estimate of drug-likeness (QED) is 0.934. The van der Waals surface area contributed by atoms with E-state index in [1.54, 1.807) is 11.2 Å². The molecule has 0 spiro atoms. The van der Waals surface area contributed by atoms with Gasteiger partial charge in [-0.25, -0.2) is 4.79 Å². The van der Waals surface area contributed by atoms with Crippen molar-refractivity contribution in [2.24, 2.45) is 0 Å². The van der Waals surface area contributed by atoms with Gasteiger partial charge >= 0.3 is 6.03 Å². The third-order valence-electron chi connectivity index (χ3n) is 4.99. The molecule has 130 valence electrons. The number of likely N-dealkylation sites (tertiary alicyclic amines) is 1. The maximum Gasteiger partial charge on any atom is 0.322 e. The molecule has 1 aromatic heterocycles. The van der Waals surface area contributed by atoms with Gasteiger partial charge in [0.25, 0.3) is 5.91 Å². The van der Waals surface area contributed by atoms with E-state index >= 15 is 0 Å². The Hall–Kier alpha value is -2.76. The Labute approximate surface area is 146 Å². The molecule has 6 nitrogen and oxygen atoms in total. The van der Waals surface area contributed by atoms with Gasteiger partial charge in [-0.1, -0.05) is 6.07 Å². The SMILES string of the molecule is Cc1ccc(C(=O)N2CCC[C@H]2c2ccco2)cc1N1CCNC1=O. The average Bonchev–Trinajstić information content (AvgIpc) is 3.35. The lowest BCUT2D eigenvalue weighted by Gasteiger charge is -2.24. The second kappa shape index (κ2) is 6.27. The Morgan fingerprint density at radius 1 is 1.28 bits per heavy atom. The number of carbonyl (C=O) groups is 2. The van der Waals surface area contributed by atoms with Crippen molar-refractivity contribution in [3.05, 3.63) is 53.5 Å². The van der Waals surface area contributed by atoms with Crippen molar-refractivity contribution in [3.63, 3.8) is 0 Å². The normalized spacial score (nSPS) is 20.2. The van der Waals surface area contributed by atoms with Gasteiger partial charge < -0.3 is 14.6 Å². The minimum absolute atomic E-state index is 0.0117. The molecule has 0 radical (unpaired) electrons. The molecule has 25 heavy (non-hydrogen) atoms. The van der Waals surface area contributed by atoms with Crippen LogP contribution in [-0.4, -0.2) is 36.5 Å². The topological polar surface area (TPSA) is 65.8 Å². The van der Waals surface area contributed by atoms with Crippen molar-refractivity contribution in [2.75, 3.05) is 24.5 Å². The smallest absolute Gasteiger partial charge is 0.322 e. The average molecular weight is 339 g/mol. The van der Waals surface area contributed by atoms with E-state index in [0.29, 0.717) is 18.7 Å². The molecule has 3 heterocycles. The van der Waals surface area contributed by atoms with Gasteiger partial charge in [0.1, 0.15) is 5.76 Å². The van der Waals surface area contributed by atoms with Gasteiger partial charge in [-0.05, 0) is 49.6 Å². The second-order valence-electron chi connectivity index (χ2n) is 6.56. The van der Waals surface area contributed by atoms with Crippen LogP contribution in [0.15, 0.2) is 41.0 Å². The molecule has 6 heteroatoms. The zero-order chi connectivity index (χ0) is 17.4. The lowest BCUT2D eigenvalue weighted by atomic mass is 10.1. The fourth-order valence-electron chi connectivity index (χ4n) is 3.69. The molecule has 0 unspecified atom stereocenters. The van der Waals surface area contributed by atoms with Crippen LogP contribution >= 0.6 is 0 Å². The fraction of sp³-hybridized carbons (Fsp3) is 0.368. The molecule has 2 saturated heterocycles. The summed E-state index contributed by atoms with van der Waals surface area (Å²) in [5.41, 5.74) is 2.39. The van der Waals surface area contributed by atoms with Gasteiger partial charge in [0.15, 0.2) is 0 Å². The highest BCUT2D eigenvalue weighted by atomic mass is 16.3. The van der Waals surface area contributed by atoms with E-state index in [2.05, 4.69) is 5.32 Å². The van der Waals surface area contributed by atoms with Crippen LogP contribution in [-0.2, 0) is 0 Å². The van der Waals surface area contributed by atoms with Gasteiger partial charge in [-0.15, -0.1) is 0 Å². The first-order valence-electron chi connectivity index (χ1n) is 8.65. The number of aryl methyl sites for hydroxylation is 1. The predicted molar refractivity (Wildman–Crippen MR) is 93.6 cm³/mol. The Morgan fingerprint density at radius 2 is 2.16 bits per heavy atom. The summed E-state index contributed by atoms with van der Waals surface area (Å²) in [5.74, 6) is 0.817. The summed E-state index contributed by atoms with van der Waals surface area (Å²) in [7, 11) is 0. The Kier molecular flexibility index (Phi) is 3.95. The number of amides is 3. The molecule has 2 aromatic rings.